The summed E-state index contributed by atoms with van der Waals surface area (Å²) in [6, 6.07) is 7.05. The van der Waals surface area contributed by atoms with Gasteiger partial charge >= 0.3 is 5.97 Å². The first kappa shape index (κ1) is 11.8. The van der Waals surface area contributed by atoms with Gasteiger partial charge in [-0.15, -0.1) is 0 Å². The first-order chi connectivity index (χ1) is 9.28. The smallest absolute Gasteiger partial charge is 0.344 e. The summed E-state index contributed by atoms with van der Waals surface area (Å²) in [4.78, 5) is 12.1. The van der Waals surface area contributed by atoms with Gasteiger partial charge in [-0.2, -0.15) is 5.10 Å². The van der Waals surface area contributed by atoms with Crippen LogP contribution in [0.2, 0.25) is 0 Å². The number of rotatable bonds is 3. The lowest BCUT2D eigenvalue weighted by Gasteiger charge is -2.06. The predicted octanol–water partition coefficient (Wildman–Crippen LogP) is 2.06. The normalized spacial score (nSPS) is 12.9. The van der Waals surface area contributed by atoms with Crippen molar-refractivity contribution in [3.8, 4) is 11.6 Å². The number of benzene rings is 1. The standard InChI is InChI=1S/C14H14N2O3/c1-2-16-13(5-7-15-16)19-14(17)11-3-4-12-10(9-11)6-8-18-12/h3-5,7,9H,2,6,8H2,1H3. The summed E-state index contributed by atoms with van der Waals surface area (Å²) in [5.74, 6) is 0.948. The summed E-state index contributed by atoms with van der Waals surface area (Å²) >= 11 is 0. The van der Waals surface area contributed by atoms with Crippen LogP contribution in [-0.4, -0.2) is 22.4 Å². The number of hydrogen-bond donors (Lipinski definition) is 0. The Morgan fingerprint density at radius 3 is 3.21 bits per heavy atom. The number of carbonyl (C=O) groups excluding carboxylic acids is 1. The molecule has 0 spiro atoms. The number of esters is 1. The topological polar surface area (TPSA) is 53.4 Å². The van der Waals surface area contributed by atoms with Crippen molar-refractivity contribution in [3.05, 3.63) is 41.6 Å². The van der Waals surface area contributed by atoms with E-state index in [1.54, 1.807) is 23.0 Å². The van der Waals surface area contributed by atoms with Gasteiger partial charge in [-0.1, -0.05) is 0 Å². The van der Waals surface area contributed by atoms with E-state index in [-0.39, 0.29) is 5.97 Å². The van der Waals surface area contributed by atoms with Gasteiger partial charge in [-0.25, -0.2) is 9.48 Å². The van der Waals surface area contributed by atoms with Gasteiger partial charge in [-0.3, -0.25) is 0 Å². The average molecular weight is 258 g/mol. The molecule has 1 aliphatic rings. The van der Waals surface area contributed by atoms with E-state index in [1.807, 2.05) is 19.1 Å². The van der Waals surface area contributed by atoms with E-state index < -0.39 is 0 Å². The quantitative estimate of drug-likeness (QED) is 0.791. The highest BCUT2D eigenvalue weighted by Gasteiger charge is 2.17. The Kier molecular flexibility index (Phi) is 2.95. The molecule has 1 aromatic heterocycles. The van der Waals surface area contributed by atoms with E-state index in [9.17, 15) is 4.79 Å². The maximum Gasteiger partial charge on any atom is 0.344 e. The van der Waals surface area contributed by atoms with Crippen molar-refractivity contribution in [1.82, 2.24) is 9.78 Å². The number of hydrogen-bond acceptors (Lipinski definition) is 4. The van der Waals surface area contributed by atoms with Crippen molar-refractivity contribution < 1.29 is 14.3 Å². The lowest BCUT2D eigenvalue weighted by Crippen LogP contribution is -2.12. The third-order valence-corrected chi connectivity index (χ3v) is 3.10. The van der Waals surface area contributed by atoms with Crippen molar-refractivity contribution in [2.75, 3.05) is 6.61 Å². The monoisotopic (exact) mass is 258 g/mol. The Labute approximate surface area is 110 Å². The Morgan fingerprint density at radius 1 is 1.47 bits per heavy atom. The van der Waals surface area contributed by atoms with Crippen LogP contribution in [0.15, 0.2) is 30.5 Å². The molecular weight excluding hydrogens is 244 g/mol. The molecule has 0 unspecified atom stereocenters. The van der Waals surface area contributed by atoms with E-state index in [1.165, 1.54) is 0 Å². The molecule has 0 radical (unpaired) electrons. The maximum atomic E-state index is 12.1. The fraction of sp³-hybridized carbons (Fsp3) is 0.286. The van der Waals surface area contributed by atoms with Gasteiger partial charge in [0.1, 0.15) is 5.75 Å². The summed E-state index contributed by atoms with van der Waals surface area (Å²) in [6.07, 6.45) is 2.45. The van der Waals surface area contributed by atoms with Gasteiger partial charge in [0.15, 0.2) is 0 Å². The second-order valence-corrected chi connectivity index (χ2v) is 4.30. The Hall–Kier alpha value is -2.30. The Balaban J connectivity index is 1.81. The van der Waals surface area contributed by atoms with Crippen LogP contribution in [0, 0.1) is 0 Å². The number of nitrogens with zero attached hydrogens (tertiary/aromatic N) is 2. The van der Waals surface area contributed by atoms with Crippen LogP contribution < -0.4 is 9.47 Å². The molecule has 98 valence electrons. The van der Waals surface area contributed by atoms with Gasteiger partial charge in [0.2, 0.25) is 5.88 Å². The molecule has 1 aromatic carbocycles. The third kappa shape index (κ3) is 2.19. The van der Waals surface area contributed by atoms with Crippen molar-refractivity contribution in [2.45, 2.75) is 19.9 Å². The Bertz CT molecular complexity index is 619. The molecule has 1 aliphatic heterocycles. The first-order valence-corrected chi connectivity index (χ1v) is 6.27. The summed E-state index contributed by atoms with van der Waals surface area (Å²) in [5, 5.41) is 4.06. The molecule has 3 rings (SSSR count). The molecule has 0 fully saturated rings. The average Bonchev–Trinajstić information content (AvgIpc) is 3.05. The molecule has 0 saturated carbocycles. The number of fused-ring (bicyclic) bond motifs is 1. The van der Waals surface area contributed by atoms with Gasteiger partial charge in [0.05, 0.1) is 18.4 Å². The molecule has 0 saturated heterocycles. The largest absolute Gasteiger partial charge is 0.493 e. The summed E-state index contributed by atoms with van der Waals surface area (Å²) in [6.45, 7) is 3.28. The molecule has 2 aromatic rings. The van der Waals surface area contributed by atoms with Crippen LogP contribution in [-0.2, 0) is 13.0 Å². The van der Waals surface area contributed by atoms with E-state index in [2.05, 4.69) is 5.10 Å². The highest BCUT2D eigenvalue weighted by atomic mass is 16.5. The molecule has 0 N–H and O–H groups in total. The second kappa shape index (κ2) is 4.76. The zero-order valence-corrected chi connectivity index (χ0v) is 10.6. The van der Waals surface area contributed by atoms with Crippen molar-refractivity contribution in [2.24, 2.45) is 0 Å². The molecule has 0 aliphatic carbocycles. The van der Waals surface area contributed by atoms with Crippen molar-refractivity contribution in [3.63, 3.8) is 0 Å². The van der Waals surface area contributed by atoms with E-state index in [0.29, 0.717) is 24.6 Å². The SMILES string of the molecule is CCn1nccc1OC(=O)c1ccc2c(c1)CCO2. The fourth-order valence-corrected chi connectivity index (χ4v) is 2.11. The van der Waals surface area contributed by atoms with Crippen LogP contribution in [0.25, 0.3) is 0 Å². The minimum atomic E-state index is -0.370. The minimum absolute atomic E-state index is 0.370. The van der Waals surface area contributed by atoms with Gasteiger partial charge in [-0.05, 0) is 30.7 Å². The van der Waals surface area contributed by atoms with Crippen molar-refractivity contribution in [1.29, 1.82) is 0 Å². The van der Waals surface area contributed by atoms with Crippen LogP contribution in [0.5, 0.6) is 11.6 Å². The van der Waals surface area contributed by atoms with E-state index >= 15 is 0 Å². The van der Waals surface area contributed by atoms with Gasteiger partial charge in [0, 0.05) is 19.0 Å². The number of carbonyl (C=O) groups is 1. The van der Waals surface area contributed by atoms with E-state index in [0.717, 1.165) is 17.7 Å². The highest BCUT2D eigenvalue weighted by molar-refractivity contribution is 5.91. The maximum absolute atomic E-state index is 12.1. The third-order valence-electron chi connectivity index (χ3n) is 3.10. The van der Waals surface area contributed by atoms with Crippen LogP contribution in [0.1, 0.15) is 22.8 Å². The number of aromatic nitrogens is 2. The number of ether oxygens (including phenoxy) is 2. The fourth-order valence-electron chi connectivity index (χ4n) is 2.11. The van der Waals surface area contributed by atoms with Crippen molar-refractivity contribution >= 4 is 5.97 Å². The molecule has 2 heterocycles. The minimum Gasteiger partial charge on any atom is -0.493 e. The van der Waals surface area contributed by atoms with Gasteiger partial charge < -0.3 is 9.47 Å². The Morgan fingerprint density at radius 2 is 2.37 bits per heavy atom. The molecule has 0 atom stereocenters. The molecule has 0 bridgehead atoms. The summed E-state index contributed by atoms with van der Waals surface area (Å²) in [7, 11) is 0. The summed E-state index contributed by atoms with van der Waals surface area (Å²) < 4.78 is 12.4. The molecule has 0 amide bonds. The molecule has 5 heteroatoms. The van der Waals surface area contributed by atoms with Gasteiger partial charge in [0.25, 0.3) is 0 Å². The lowest BCUT2D eigenvalue weighted by molar-refractivity contribution is 0.0718. The number of aryl methyl sites for hydroxylation is 1. The molecular formula is C14H14N2O3. The highest BCUT2D eigenvalue weighted by Crippen LogP contribution is 2.26. The molecule has 19 heavy (non-hydrogen) atoms. The zero-order valence-electron chi connectivity index (χ0n) is 10.6. The van der Waals surface area contributed by atoms with Crippen LogP contribution in [0.3, 0.4) is 0 Å². The van der Waals surface area contributed by atoms with Crippen LogP contribution >= 0.6 is 0 Å². The predicted molar refractivity (Wildman–Crippen MR) is 68.5 cm³/mol. The summed E-state index contributed by atoms with van der Waals surface area (Å²) in [5.41, 5.74) is 1.59. The first-order valence-electron chi connectivity index (χ1n) is 6.27. The molecule has 5 nitrogen and oxygen atoms in total. The second-order valence-electron chi connectivity index (χ2n) is 4.30. The van der Waals surface area contributed by atoms with E-state index in [4.69, 9.17) is 9.47 Å². The lowest BCUT2D eigenvalue weighted by atomic mass is 10.1. The van der Waals surface area contributed by atoms with Crippen LogP contribution in [0.4, 0.5) is 0 Å². The zero-order chi connectivity index (χ0) is 13.2.